The molecule has 0 N–H and O–H groups in total. The molecule has 0 aliphatic carbocycles. The molecule has 0 saturated carbocycles. The van der Waals surface area contributed by atoms with Crippen molar-refractivity contribution in [2.45, 2.75) is 26.9 Å². The monoisotopic (exact) mass is 428 g/mol. The van der Waals surface area contributed by atoms with Crippen molar-refractivity contribution in [3.8, 4) is 11.5 Å². The Kier molecular flexibility index (Phi) is 6.96. The lowest BCUT2D eigenvalue weighted by Crippen LogP contribution is -2.39. The smallest absolute Gasteiger partial charge is 0.332 e. The standard InChI is InChI=1S/C22H28N4O5/c1-6-25-20-19(21(27)26(7-2)22(25)28)24(3)18(23-20)11-9-15-8-10-16(17(14-15)30-5)31-13-12-29-4/h8-11,14H,6-7,12-13H2,1-5H3. The first-order valence-electron chi connectivity index (χ1n) is 10.1. The van der Waals surface area contributed by atoms with Gasteiger partial charge in [-0.25, -0.2) is 9.78 Å². The molecule has 0 radical (unpaired) electrons. The molecule has 0 amide bonds. The molecule has 166 valence electrons. The number of imidazole rings is 1. The van der Waals surface area contributed by atoms with Crippen LogP contribution in [0.25, 0.3) is 23.3 Å². The van der Waals surface area contributed by atoms with Crippen LogP contribution < -0.4 is 20.7 Å². The van der Waals surface area contributed by atoms with Gasteiger partial charge in [-0.2, -0.15) is 0 Å². The molecule has 0 fully saturated rings. The van der Waals surface area contributed by atoms with Crippen LogP contribution in [-0.4, -0.2) is 46.1 Å². The normalized spacial score (nSPS) is 11.5. The minimum Gasteiger partial charge on any atom is -0.493 e. The van der Waals surface area contributed by atoms with Gasteiger partial charge in [0, 0.05) is 27.2 Å². The van der Waals surface area contributed by atoms with Crippen LogP contribution in [-0.2, 0) is 24.9 Å². The molecule has 2 heterocycles. The maximum absolute atomic E-state index is 12.8. The van der Waals surface area contributed by atoms with Gasteiger partial charge in [0.1, 0.15) is 12.4 Å². The number of hydrogen-bond donors (Lipinski definition) is 0. The first-order chi connectivity index (χ1) is 15.0. The van der Waals surface area contributed by atoms with Crippen LogP contribution in [0.4, 0.5) is 0 Å². The average Bonchev–Trinajstić information content (AvgIpc) is 3.09. The Morgan fingerprint density at radius 2 is 1.74 bits per heavy atom. The van der Waals surface area contributed by atoms with Gasteiger partial charge in [-0.15, -0.1) is 0 Å². The Morgan fingerprint density at radius 1 is 1.00 bits per heavy atom. The second kappa shape index (κ2) is 9.65. The van der Waals surface area contributed by atoms with E-state index < -0.39 is 0 Å². The summed E-state index contributed by atoms with van der Waals surface area (Å²) in [6.07, 6.45) is 3.68. The summed E-state index contributed by atoms with van der Waals surface area (Å²) in [5.74, 6) is 1.81. The van der Waals surface area contributed by atoms with E-state index in [0.29, 0.717) is 54.8 Å². The van der Waals surface area contributed by atoms with Crippen LogP contribution in [0.15, 0.2) is 27.8 Å². The number of ether oxygens (including phenoxy) is 3. The third-order valence-corrected chi connectivity index (χ3v) is 5.07. The Morgan fingerprint density at radius 3 is 2.39 bits per heavy atom. The number of aryl methyl sites for hydroxylation is 2. The van der Waals surface area contributed by atoms with Gasteiger partial charge in [0.25, 0.3) is 5.56 Å². The van der Waals surface area contributed by atoms with Crippen LogP contribution in [0, 0.1) is 0 Å². The zero-order valence-electron chi connectivity index (χ0n) is 18.5. The van der Waals surface area contributed by atoms with Crippen molar-refractivity contribution < 1.29 is 14.2 Å². The summed E-state index contributed by atoms with van der Waals surface area (Å²) in [5.41, 5.74) is 0.999. The van der Waals surface area contributed by atoms with Crippen molar-refractivity contribution >= 4 is 23.3 Å². The molecule has 9 nitrogen and oxygen atoms in total. The lowest BCUT2D eigenvalue weighted by molar-refractivity contribution is 0.144. The fraction of sp³-hybridized carbons (Fsp3) is 0.409. The average molecular weight is 428 g/mol. The van der Waals surface area contributed by atoms with E-state index in [0.717, 1.165) is 5.56 Å². The summed E-state index contributed by atoms with van der Waals surface area (Å²) in [6.45, 7) is 5.29. The van der Waals surface area contributed by atoms with E-state index in [2.05, 4.69) is 4.98 Å². The fourth-order valence-corrected chi connectivity index (χ4v) is 3.41. The first kappa shape index (κ1) is 22.4. The van der Waals surface area contributed by atoms with Gasteiger partial charge in [0.05, 0.1) is 13.7 Å². The van der Waals surface area contributed by atoms with Crippen LogP contribution >= 0.6 is 0 Å². The lowest BCUT2D eigenvalue weighted by Gasteiger charge is -2.10. The summed E-state index contributed by atoms with van der Waals surface area (Å²) in [4.78, 5) is 30.0. The zero-order chi connectivity index (χ0) is 22.5. The van der Waals surface area contributed by atoms with Gasteiger partial charge >= 0.3 is 5.69 Å². The Bertz CT molecular complexity index is 1220. The molecule has 3 rings (SSSR count). The van der Waals surface area contributed by atoms with Crippen LogP contribution in [0.1, 0.15) is 25.2 Å². The van der Waals surface area contributed by atoms with E-state index in [4.69, 9.17) is 14.2 Å². The molecule has 31 heavy (non-hydrogen) atoms. The maximum atomic E-state index is 12.8. The third kappa shape index (κ3) is 4.27. The summed E-state index contributed by atoms with van der Waals surface area (Å²) >= 11 is 0. The van der Waals surface area contributed by atoms with Gasteiger partial charge in [-0.05, 0) is 37.6 Å². The zero-order valence-corrected chi connectivity index (χ0v) is 18.5. The molecular formula is C22H28N4O5. The van der Waals surface area contributed by atoms with Crippen LogP contribution in [0.2, 0.25) is 0 Å². The third-order valence-electron chi connectivity index (χ3n) is 5.07. The summed E-state index contributed by atoms with van der Waals surface area (Å²) in [6, 6.07) is 5.58. The second-order valence-corrected chi connectivity index (χ2v) is 6.86. The van der Waals surface area contributed by atoms with E-state index in [-0.39, 0.29) is 11.2 Å². The summed E-state index contributed by atoms with van der Waals surface area (Å²) < 4.78 is 20.5. The van der Waals surface area contributed by atoms with E-state index in [1.165, 1.54) is 9.13 Å². The predicted molar refractivity (Wildman–Crippen MR) is 120 cm³/mol. The predicted octanol–water partition coefficient (Wildman–Crippen LogP) is 2.14. The van der Waals surface area contributed by atoms with E-state index >= 15 is 0 Å². The van der Waals surface area contributed by atoms with Gasteiger partial charge in [-0.3, -0.25) is 13.9 Å². The molecule has 1 aromatic carbocycles. The van der Waals surface area contributed by atoms with Crippen molar-refractivity contribution in [3.63, 3.8) is 0 Å². The Hall–Kier alpha value is -3.33. The highest BCUT2D eigenvalue weighted by Crippen LogP contribution is 2.28. The summed E-state index contributed by atoms with van der Waals surface area (Å²) in [7, 11) is 4.97. The topological polar surface area (TPSA) is 89.5 Å². The highest BCUT2D eigenvalue weighted by molar-refractivity contribution is 5.77. The fourth-order valence-electron chi connectivity index (χ4n) is 3.41. The molecule has 3 aromatic rings. The molecule has 0 spiro atoms. The van der Waals surface area contributed by atoms with Crippen molar-refractivity contribution in [1.82, 2.24) is 18.7 Å². The highest BCUT2D eigenvalue weighted by atomic mass is 16.5. The van der Waals surface area contributed by atoms with Crippen molar-refractivity contribution in [3.05, 3.63) is 50.4 Å². The summed E-state index contributed by atoms with van der Waals surface area (Å²) in [5, 5.41) is 0. The molecule has 0 saturated heterocycles. The van der Waals surface area contributed by atoms with Crippen LogP contribution in [0.3, 0.4) is 0 Å². The van der Waals surface area contributed by atoms with Gasteiger partial charge in [-0.1, -0.05) is 12.1 Å². The number of benzene rings is 1. The number of methoxy groups -OCH3 is 2. The van der Waals surface area contributed by atoms with Gasteiger partial charge < -0.3 is 18.8 Å². The van der Waals surface area contributed by atoms with E-state index in [1.54, 1.807) is 38.8 Å². The quantitative estimate of drug-likeness (QED) is 0.485. The number of rotatable bonds is 9. The number of nitrogens with zero attached hydrogens (tertiary/aromatic N) is 4. The minimum atomic E-state index is -0.343. The van der Waals surface area contributed by atoms with Crippen molar-refractivity contribution in [2.24, 2.45) is 7.05 Å². The van der Waals surface area contributed by atoms with Crippen LogP contribution in [0.5, 0.6) is 11.5 Å². The Labute approximate surface area is 180 Å². The minimum absolute atomic E-state index is 0.308. The van der Waals surface area contributed by atoms with Crippen molar-refractivity contribution in [1.29, 1.82) is 0 Å². The first-order valence-corrected chi connectivity index (χ1v) is 10.1. The molecule has 0 bridgehead atoms. The molecule has 0 unspecified atom stereocenters. The second-order valence-electron chi connectivity index (χ2n) is 6.86. The molecule has 0 aliphatic rings. The Balaban J connectivity index is 2.00. The number of fused-ring (bicyclic) bond motifs is 1. The largest absolute Gasteiger partial charge is 0.493 e. The number of hydrogen-bond acceptors (Lipinski definition) is 6. The molecule has 9 heteroatoms. The van der Waals surface area contributed by atoms with Gasteiger partial charge in [0.15, 0.2) is 22.7 Å². The molecule has 2 aromatic heterocycles. The SMILES string of the molecule is CCn1c(=O)c2c(nc(C=Cc3ccc(OCCOC)c(OC)c3)n2C)n(CC)c1=O. The molecular weight excluding hydrogens is 400 g/mol. The highest BCUT2D eigenvalue weighted by Gasteiger charge is 2.17. The number of aromatic nitrogens is 4. The maximum Gasteiger partial charge on any atom is 0.332 e. The van der Waals surface area contributed by atoms with Gasteiger partial charge in [0.2, 0.25) is 0 Å². The molecule has 0 aliphatic heterocycles. The molecule has 0 atom stereocenters. The van der Waals surface area contributed by atoms with E-state index in [1.807, 2.05) is 31.2 Å². The van der Waals surface area contributed by atoms with E-state index in [9.17, 15) is 9.59 Å². The lowest BCUT2D eigenvalue weighted by atomic mass is 10.2. The van der Waals surface area contributed by atoms with Crippen molar-refractivity contribution in [2.75, 3.05) is 27.4 Å².